The topological polar surface area (TPSA) is 89.2 Å². The maximum Gasteiger partial charge on any atom is 0.269 e. The van der Waals surface area contributed by atoms with Crippen molar-refractivity contribution >= 4 is 23.4 Å². The molecule has 0 bridgehead atoms. The first-order chi connectivity index (χ1) is 13.1. The third kappa shape index (κ3) is 4.82. The van der Waals surface area contributed by atoms with Gasteiger partial charge in [0, 0.05) is 42.5 Å². The summed E-state index contributed by atoms with van der Waals surface area (Å²) >= 11 is 0. The molecule has 7 heteroatoms. The molecule has 0 radical (unpaired) electrons. The average molecular weight is 360 g/mol. The lowest BCUT2D eigenvalue weighted by Crippen LogP contribution is -2.29. The summed E-state index contributed by atoms with van der Waals surface area (Å²) in [5.74, 6) is -0.231. The molecule has 134 valence electrons. The molecule has 7 nitrogen and oxygen atoms in total. The molecule has 0 saturated heterocycles. The Kier molecular flexibility index (Phi) is 5.64. The number of non-ortho nitro benzene ring substituents is 1. The van der Waals surface area contributed by atoms with E-state index in [0.717, 1.165) is 5.69 Å². The first kappa shape index (κ1) is 17.9. The van der Waals surface area contributed by atoms with Crippen LogP contribution in [0.1, 0.15) is 11.3 Å². The highest BCUT2D eigenvalue weighted by Gasteiger charge is 2.14. The maximum atomic E-state index is 12.8. The van der Waals surface area contributed by atoms with Crippen LogP contribution in [0.3, 0.4) is 0 Å². The minimum absolute atomic E-state index is 0.00652. The van der Waals surface area contributed by atoms with Crippen LogP contribution in [0.15, 0.2) is 79.3 Å². The molecule has 3 aromatic rings. The quantitative estimate of drug-likeness (QED) is 0.380. The molecule has 1 amide bonds. The van der Waals surface area contributed by atoms with Crippen LogP contribution in [0.25, 0.3) is 6.08 Å². The number of nitro benzene ring substituents is 1. The van der Waals surface area contributed by atoms with Gasteiger partial charge in [-0.2, -0.15) is 0 Å². The van der Waals surface area contributed by atoms with Crippen LogP contribution in [0, 0.1) is 10.1 Å². The van der Waals surface area contributed by atoms with Gasteiger partial charge in [-0.15, -0.1) is 0 Å². The van der Waals surface area contributed by atoms with Crippen molar-refractivity contribution in [3.05, 3.63) is 101 Å². The fourth-order valence-electron chi connectivity index (χ4n) is 2.44. The molecule has 0 N–H and O–H groups in total. The monoisotopic (exact) mass is 360 g/mol. The van der Waals surface area contributed by atoms with E-state index < -0.39 is 4.92 Å². The van der Waals surface area contributed by atoms with E-state index >= 15 is 0 Å². The van der Waals surface area contributed by atoms with E-state index in [9.17, 15) is 14.9 Å². The third-order valence-corrected chi connectivity index (χ3v) is 3.81. The summed E-state index contributed by atoms with van der Waals surface area (Å²) < 4.78 is 0. The number of hydrogen-bond donors (Lipinski definition) is 0. The van der Waals surface area contributed by atoms with Crippen molar-refractivity contribution in [2.24, 2.45) is 0 Å². The smallest absolute Gasteiger partial charge is 0.269 e. The second-order valence-electron chi connectivity index (χ2n) is 5.63. The van der Waals surface area contributed by atoms with Crippen molar-refractivity contribution in [2.75, 3.05) is 4.90 Å². The summed E-state index contributed by atoms with van der Waals surface area (Å²) in [4.78, 5) is 32.9. The lowest BCUT2D eigenvalue weighted by Gasteiger charge is -2.20. The summed E-state index contributed by atoms with van der Waals surface area (Å²) in [6.07, 6.45) is 7.97. The van der Waals surface area contributed by atoms with Crippen molar-refractivity contribution in [1.29, 1.82) is 0 Å². The number of carbonyl (C=O) groups excluding carboxylic acids is 1. The lowest BCUT2D eigenvalue weighted by molar-refractivity contribution is -0.384. The van der Waals surface area contributed by atoms with Crippen molar-refractivity contribution in [3.8, 4) is 0 Å². The van der Waals surface area contributed by atoms with E-state index in [4.69, 9.17) is 0 Å². The Morgan fingerprint density at radius 1 is 1.04 bits per heavy atom. The van der Waals surface area contributed by atoms with Gasteiger partial charge in [0.15, 0.2) is 0 Å². The Labute approximate surface area is 155 Å². The van der Waals surface area contributed by atoms with Gasteiger partial charge in [-0.05, 0) is 48.0 Å². The Bertz CT molecular complexity index is 942. The van der Waals surface area contributed by atoms with Gasteiger partial charge in [0.1, 0.15) is 0 Å². The van der Waals surface area contributed by atoms with Crippen LogP contribution >= 0.6 is 0 Å². The largest absolute Gasteiger partial charge is 0.303 e. The number of carbonyl (C=O) groups is 1. The average Bonchev–Trinajstić information content (AvgIpc) is 2.72. The number of amides is 1. The minimum Gasteiger partial charge on any atom is -0.303 e. The Morgan fingerprint density at radius 2 is 1.78 bits per heavy atom. The van der Waals surface area contributed by atoms with Gasteiger partial charge in [-0.1, -0.05) is 6.07 Å². The number of pyridine rings is 2. The van der Waals surface area contributed by atoms with Gasteiger partial charge in [-0.25, -0.2) is 0 Å². The van der Waals surface area contributed by atoms with E-state index in [1.165, 1.54) is 18.2 Å². The number of benzene rings is 1. The van der Waals surface area contributed by atoms with E-state index in [0.29, 0.717) is 17.8 Å². The molecular weight excluding hydrogens is 344 g/mol. The zero-order valence-electron chi connectivity index (χ0n) is 14.3. The maximum absolute atomic E-state index is 12.8. The number of anilines is 1. The summed E-state index contributed by atoms with van der Waals surface area (Å²) in [6.45, 7) is 0.314. The first-order valence-electron chi connectivity index (χ1n) is 8.17. The summed E-state index contributed by atoms with van der Waals surface area (Å²) in [6, 6.07) is 15.0. The number of nitrogens with zero attached hydrogens (tertiary/aromatic N) is 4. The summed E-state index contributed by atoms with van der Waals surface area (Å²) in [7, 11) is 0. The molecule has 0 fully saturated rings. The molecule has 0 aliphatic carbocycles. The molecule has 0 unspecified atom stereocenters. The van der Waals surface area contributed by atoms with Crippen molar-refractivity contribution in [3.63, 3.8) is 0 Å². The predicted octanol–water partition coefficient (Wildman–Crippen LogP) is 3.63. The highest BCUT2D eigenvalue weighted by molar-refractivity contribution is 6.03. The van der Waals surface area contributed by atoms with Gasteiger partial charge in [0.05, 0.1) is 17.2 Å². The molecule has 1 aromatic carbocycles. The first-order valence-corrected chi connectivity index (χ1v) is 8.17. The van der Waals surface area contributed by atoms with Crippen LogP contribution < -0.4 is 4.90 Å². The highest BCUT2D eigenvalue weighted by atomic mass is 16.6. The normalized spacial score (nSPS) is 10.7. The molecular formula is C20H16N4O3. The second-order valence-corrected chi connectivity index (χ2v) is 5.63. The van der Waals surface area contributed by atoms with E-state index in [-0.39, 0.29) is 11.6 Å². The lowest BCUT2D eigenvalue weighted by atomic mass is 10.2. The highest BCUT2D eigenvalue weighted by Crippen LogP contribution is 2.17. The summed E-state index contributed by atoms with van der Waals surface area (Å²) in [5.41, 5.74) is 2.16. The third-order valence-electron chi connectivity index (χ3n) is 3.81. The van der Waals surface area contributed by atoms with Crippen LogP contribution in [0.5, 0.6) is 0 Å². The molecule has 0 atom stereocenters. The Hall–Kier alpha value is -3.87. The fourth-order valence-corrected chi connectivity index (χ4v) is 2.44. The molecule has 0 spiro atoms. The van der Waals surface area contributed by atoms with Gasteiger partial charge >= 0.3 is 0 Å². The van der Waals surface area contributed by atoms with Gasteiger partial charge < -0.3 is 4.90 Å². The standard InChI is InChI=1S/C20H16N4O3/c25-20(9-6-16-4-7-19(8-5-16)24(26)27)23(18-10-13-21-14-11-18)15-17-3-1-2-12-22-17/h1-14H,15H2. The van der Waals surface area contributed by atoms with Crippen LogP contribution in [-0.4, -0.2) is 20.8 Å². The molecule has 0 saturated carbocycles. The van der Waals surface area contributed by atoms with Crippen molar-refractivity contribution in [1.82, 2.24) is 9.97 Å². The fraction of sp³-hybridized carbons (Fsp3) is 0.0500. The van der Waals surface area contributed by atoms with Crippen molar-refractivity contribution in [2.45, 2.75) is 6.54 Å². The molecule has 2 aromatic heterocycles. The Balaban J connectivity index is 1.81. The van der Waals surface area contributed by atoms with E-state index in [1.807, 2.05) is 18.2 Å². The molecule has 0 aliphatic rings. The zero-order chi connectivity index (χ0) is 19.1. The Morgan fingerprint density at radius 3 is 2.41 bits per heavy atom. The van der Waals surface area contributed by atoms with Crippen molar-refractivity contribution < 1.29 is 9.72 Å². The number of aromatic nitrogens is 2. The number of rotatable bonds is 6. The van der Waals surface area contributed by atoms with Crippen LogP contribution in [0.2, 0.25) is 0 Å². The van der Waals surface area contributed by atoms with Crippen LogP contribution in [-0.2, 0) is 11.3 Å². The van der Waals surface area contributed by atoms with E-state index in [1.54, 1.807) is 53.8 Å². The van der Waals surface area contributed by atoms with Gasteiger partial charge in [-0.3, -0.25) is 24.9 Å². The second kappa shape index (κ2) is 8.48. The number of hydrogen-bond acceptors (Lipinski definition) is 5. The molecule has 3 rings (SSSR count). The minimum atomic E-state index is -0.462. The molecule has 2 heterocycles. The molecule has 0 aliphatic heterocycles. The van der Waals surface area contributed by atoms with Gasteiger partial charge in [0.25, 0.3) is 11.6 Å². The predicted molar refractivity (Wildman–Crippen MR) is 102 cm³/mol. The number of nitro groups is 1. The zero-order valence-corrected chi connectivity index (χ0v) is 14.3. The van der Waals surface area contributed by atoms with Crippen LogP contribution in [0.4, 0.5) is 11.4 Å². The van der Waals surface area contributed by atoms with Gasteiger partial charge in [0.2, 0.25) is 0 Å². The molecule has 27 heavy (non-hydrogen) atoms. The van der Waals surface area contributed by atoms with E-state index in [2.05, 4.69) is 9.97 Å². The summed E-state index contributed by atoms with van der Waals surface area (Å²) in [5, 5.41) is 10.7. The SMILES string of the molecule is O=C(C=Cc1ccc([N+](=O)[O-])cc1)N(Cc1ccccn1)c1ccncc1.